The van der Waals surface area contributed by atoms with Crippen LogP contribution in [-0.4, -0.2) is 18.2 Å². The van der Waals surface area contributed by atoms with E-state index in [-0.39, 0.29) is 5.43 Å². The van der Waals surface area contributed by atoms with E-state index < -0.39 is 0 Å². The van der Waals surface area contributed by atoms with E-state index in [2.05, 4.69) is 9.98 Å². The van der Waals surface area contributed by atoms with Crippen LogP contribution in [0.15, 0.2) is 58.6 Å². The Bertz CT molecular complexity index is 1040. The molecule has 0 radical (unpaired) electrons. The molecule has 4 N–H and O–H groups in total. The maximum Gasteiger partial charge on any atom is 0.195 e. The highest BCUT2D eigenvalue weighted by Gasteiger charge is 2.07. The van der Waals surface area contributed by atoms with Crippen LogP contribution >= 0.6 is 0 Å². The van der Waals surface area contributed by atoms with Gasteiger partial charge in [-0.05, 0) is 29.1 Å². The zero-order valence-electron chi connectivity index (χ0n) is 13.4. The van der Waals surface area contributed by atoms with Crippen LogP contribution in [0.3, 0.4) is 0 Å². The highest BCUT2D eigenvalue weighted by Crippen LogP contribution is 2.19. The molecule has 0 aliphatic rings. The molecule has 1 aromatic heterocycles. The van der Waals surface area contributed by atoms with E-state index in [0.717, 1.165) is 16.5 Å². The van der Waals surface area contributed by atoms with Crippen molar-refractivity contribution in [1.29, 1.82) is 0 Å². The lowest BCUT2D eigenvalue weighted by atomic mass is 10.1. The third-order valence-corrected chi connectivity index (χ3v) is 3.96. The van der Waals surface area contributed by atoms with Gasteiger partial charge in [-0.25, -0.2) is 0 Å². The zero-order chi connectivity index (χ0) is 17.1. The molecule has 2 aromatic carbocycles. The third kappa shape index (κ3) is 2.77. The fraction of sp³-hybridized carbons (Fsp3) is 0.105. The van der Waals surface area contributed by atoms with Gasteiger partial charge < -0.3 is 11.5 Å². The molecule has 5 heteroatoms. The van der Waals surface area contributed by atoms with Gasteiger partial charge in [0, 0.05) is 54.1 Å². The number of nitrogens with two attached hydrogens (primary N) is 2. The molecular weight excluding hydrogens is 300 g/mol. The molecule has 0 aliphatic carbocycles. The summed E-state index contributed by atoms with van der Waals surface area (Å²) in [4.78, 5) is 21.4. The van der Waals surface area contributed by atoms with Crippen molar-refractivity contribution in [3.8, 4) is 0 Å². The molecule has 0 saturated carbocycles. The van der Waals surface area contributed by atoms with Crippen molar-refractivity contribution in [3.63, 3.8) is 0 Å². The molecular formula is C19H18N4O. The first-order valence-corrected chi connectivity index (χ1v) is 7.58. The van der Waals surface area contributed by atoms with Gasteiger partial charge in [-0.1, -0.05) is 18.2 Å². The summed E-state index contributed by atoms with van der Waals surface area (Å²) in [6.45, 7) is 0.391. The van der Waals surface area contributed by atoms with Crippen LogP contribution in [-0.2, 0) is 6.54 Å². The molecule has 5 nitrogen and oxygen atoms in total. The van der Waals surface area contributed by atoms with E-state index in [4.69, 9.17) is 11.5 Å². The van der Waals surface area contributed by atoms with Crippen LogP contribution in [0.2, 0.25) is 0 Å². The number of allylic oxidation sites excluding steroid dienone is 1. The minimum atomic E-state index is -0.0699. The number of aliphatic imine (C=N–C) groups is 1. The van der Waals surface area contributed by atoms with Crippen LogP contribution in [0.5, 0.6) is 0 Å². The molecule has 0 amide bonds. The second kappa shape index (κ2) is 6.60. The number of nitrogens with zero attached hydrogens (tertiary/aromatic N) is 2. The van der Waals surface area contributed by atoms with Gasteiger partial charge in [0.1, 0.15) is 0 Å². The minimum Gasteiger partial charge on any atom is -0.404 e. The van der Waals surface area contributed by atoms with Crippen LogP contribution in [0.25, 0.3) is 27.2 Å². The average Bonchev–Trinajstić information content (AvgIpc) is 2.76. The fourth-order valence-electron chi connectivity index (χ4n) is 2.69. The first kappa shape index (κ1) is 15.8. The van der Waals surface area contributed by atoms with E-state index in [1.165, 1.54) is 6.20 Å². The van der Waals surface area contributed by atoms with Crippen molar-refractivity contribution >= 4 is 33.5 Å². The molecule has 0 bridgehead atoms. The highest BCUT2D eigenvalue weighted by molar-refractivity contribution is 6.10. The van der Waals surface area contributed by atoms with Crippen LogP contribution in [0.1, 0.15) is 11.1 Å². The largest absolute Gasteiger partial charge is 0.404 e. The lowest BCUT2D eigenvalue weighted by Crippen LogP contribution is -2.03. The van der Waals surface area contributed by atoms with Crippen molar-refractivity contribution < 1.29 is 0 Å². The summed E-state index contributed by atoms with van der Waals surface area (Å²) in [5.41, 5.74) is 14.3. The molecule has 24 heavy (non-hydrogen) atoms. The Labute approximate surface area is 139 Å². The van der Waals surface area contributed by atoms with Gasteiger partial charge in [0.05, 0.1) is 5.52 Å². The average molecular weight is 318 g/mol. The van der Waals surface area contributed by atoms with Crippen molar-refractivity contribution in [1.82, 2.24) is 4.98 Å². The Morgan fingerprint density at radius 2 is 2.00 bits per heavy atom. The first-order chi connectivity index (χ1) is 11.7. The minimum absolute atomic E-state index is 0.0699. The Hall–Kier alpha value is -3.05. The molecule has 120 valence electrons. The van der Waals surface area contributed by atoms with Gasteiger partial charge in [0.15, 0.2) is 5.43 Å². The molecule has 0 atom stereocenters. The molecule has 0 fully saturated rings. The van der Waals surface area contributed by atoms with Crippen molar-refractivity contribution in [2.45, 2.75) is 6.54 Å². The lowest BCUT2D eigenvalue weighted by molar-refractivity contribution is 1.08. The number of pyridine rings is 1. The van der Waals surface area contributed by atoms with E-state index in [0.29, 0.717) is 28.4 Å². The molecule has 3 aromatic rings. The number of rotatable bonds is 3. The van der Waals surface area contributed by atoms with Crippen LogP contribution < -0.4 is 16.9 Å². The maximum atomic E-state index is 13.0. The zero-order valence-corrected chi connectivity index (χ0v) is 13.4. The number of hydrogen-bond acceptors (Lipinski definition) is 5. The fourth-order valence-corrected chi connectivity index (χ4v) is 2.69. The molecule has 0 saturated heterocycles. The van der Waals surface area contributed by atoms with Gasteiger partial charge in [-0.3, -0.25) is 14.8 Å². The van der Waals surface area contributed by atoms with E-state index >= 15 is 0 Å². The SMILES string of the molecule is CN=CC(=CN)c1cnc2ccc3ccc(CN)cc3c(=O)c2c1. The molecule has 1 heterocycles. The molecule has 0 spiro atoms. The second-order valence-electron chi connectivity index (χ2n) is 5.45. The first-order valence-electron chi connectivity index (χ1n) is 7.58. The van der Waals surface area contributed by atoms with E-state index in [1.54, 1.807) is 25.5 Å². The maximum absolute atomic E-state index is 13.0. The summed E-state index contributed by atoms with van der Waals surface area (Å²) < 4.78 is 0. The van der Waals surface area contributed by atoms with E-state index in [9.17, 15) is 4.79 Å². The van der Waals surface area contributed by atoms with Crippen molar-refractivity contribution in [2.75, 3.05) is 7.05 Å². The predicted molar refractivity (Wildman–Crippen MR) is 100.0 cm³/mol. The summed E-state index contributed by atoms with van der Waals surface area (Å²) >= 11 is 0. The molecule has 0 unspecified atom stereocenters. The van der Waals surface area contributed by atoms with Gasteiger partial charge >= 0.3 is 0 Å². The number of fused-ring (bicyclic) bond motifs is 2. The van der Waals surface area contributed by atoms with Crippen molar-refractivity contribution in [3.05, 3.63) is 70.1 Å². The quantitative estimate of drug-likeness (QED) is 0.724. The second-order valence-corrected chi connectivity index (χ2v) is 5.45. The Kier molecular flexibility index (Phi) is 4.35. The van der Waals surface area contributed by atoms with Gasteiger partial charge in [0.2, 0.25) is 0 Å². The Balaban J connectivity index is 2.38. The van der Waals surface area contributed by atoms with Gasteiger partial charge in [-0.2, -0.15) is 0 Å². The lowest BCUT2D eigenvalue weighted by Gasteiger charge is -2.01. The van der Waals surface area contributed by atoms with E-state index in [1.807, 2.05) is 30.3 Å². The van der Waals surface area contributed by atoms with Crippen molar-refractivity contribution in [2.24, 2.45) is 16.5 Å². The van der Waals surface area contributed by atoms with Gasteiger partial charge in [0.25, 0.3) is 0 Å². The number of hydrogen-bond donors (Lipinski definition) is 2. The number of aromatic nitrogens is 1. The predicted octanol–water partition coefficient (Wildman–Crippen LogP) is 2.21. The smallest absolute Gasteiger partial charge is 0.195 e. The normalized spacial score (nSPS) is 12.3. The third-order valence-electron chi connectivity index (χ3n) is 3.96. The monoisotopic (exact) mass is 318 g/mol. The molecule has 3 rings (SSSR count). The van der Waals surface area contributed by atoms with Crippen LogP contribution in [0, 0.1) is 0 Å². The van der Waals surface area contributed by atoms with Crippen LogP contribution in [0.4, 0.5) is 0 Å². The van der Waals surface area contributed by atoms with Gasteiger partial charge in [-0.15, -0.1) is 0 Å². The Morgan fingerprint density at radius 1 is 1.21 bits per heavy atom. The summed E-state index contributed by atoms with van der Waals surface area (Å²) in [6, 6.07) is 11.2. The highest BCUT2D eigenvalue weighted by atomic mass is 16.1. The topological polar surface area (TPSA) is 94.4 Å². The summed E-state index contributed by atoms with van der Waals surface area (Å²) in [5.74, 6) is 0. The summed E-state index contributed by atoms with van der Waals surface area (Å²) in [7, 11) is 1.67. The standard InChI is InChI=1S/C19H18N4O/c1-22-10-15(9-21)14-7-17-18(23-11-14)5-4-13-3-2-12(8-20)6-16(13)19(17)24/h2-7,9-11H,8,20-21H2,1H3. The number of benzene rings is 1. The summed E-state index contributed by atoms with van der Waals surface area (Å²) in [5, 5.41) is 2.04. The Morgan fingerprint density at radius 3 is 2.71 bits per heavy atom. The summed E-state index contributed by atoms with van der Waals surface area (Å²) in [6.07, 6.45) is 4.78. The molecule has 0 aliphatic heterocycles.